The fourth-order valence-electron chi connectivity index (χ4n) is 2.91. The van der Waals surface area contributed by atoms with Gasteiger partial charge >= 0.3 is 6.18 Å². The van der Waals surface area contributed by atoms with E-state index in [9.17, 15) is 13.2 Å². The van der Waals surface area contributed by atoms with Crippen LogP contribution >= 0.6 is 0 Å². The van der Waals surface area contributed by atoms with Crippen LogP contribution < -0.4 is 0 Å². The highest BCUT2D eigenvalue weighted by Crippen LogP contribution is 2.40. The molecule has 1 heterocycles. The number of alkyl halides is 3. The summed E-state index contributed by atoms with van der Waals surface area (Å²) >= 11 is 0. The zero-order chi connectivity index (χ0) is 16.5. The first-order chi connectivity index (χ1) is 10.2. The Bertz CT molecular complexity index is 613. The van der Waals surface area contributed by atoms with Crippen LogP contribution in [0.2, 0.25) is 0 Å². The number of ether oxygens (including phenoxy) is 1. The van der Waals surface area contributed by atoms with E-state index in [4.69, 9.17) is 10.00 Å². The standard InChI is InChI=1S/C15H18F3N3O/c1-9(8-19)7-10(2)22-12-6-4-5-11-13(12)21(3)20-14(11)15(16,17)18/h10,12H,1,4-7H2,2-3H3. The van der Waals surface area contributed by atoms with Crippen molar-refractivity contribution >= 4 is 0 Å². The van der Waals surface area contributed by atoms with Gasteiger partial charge in [-0.3, -0.25) is 4.68 Å². The van der Waals surface area contributed by atoms with E-state index in [1.54, 1.807) is 6.92 Å². The normalized spacial score (nSPS) is 19.4. The van der Waals surface area contributed by atoms with Crippen LogP contribution in [0, 0.1) is 11.3 Å². The number of aryl methyl sites for hydroxylation is 1. The first-order valence-corrected chi connectivity index (χ1v) is 7.10. The lowest BCUT2D eigenvalue weighted by Crippen LogP contribution is -2.21. The molecule has 1 aliphatic rings. The molecule has 2 rings (SSSR count). The van der Waals surface area contributed by atoms with Crippen LogP contribution in [0.25, 0.3) is 0 Å². The number of aromatic nitrogens is 2. The van der Waals surface area contributed by atoms with E-state index in [-0.39, 0.29) is 11.7 Å². The summed E-state index contributed by atoms with van der Waals surface area (Å²) in [6.45, 7) is 5.39. The minimum atomic E-state index is -4.45. The molecule has 0 aromatic carbocycles. The van der Waals surface area contributed by atoms with E-state index < -0.39 is 18.0 Å². The van der Waals surface area contributed by atoms with Gasteiger partial charge in [0.15, 0.2) is 5.69 Å². The number of nitriles is 1. The van der Waals surface area contributed by atoms with Crippen molar-refractivity contribution in [3.05, 3.63) is 29.1 Å². The molecule has 0 amide bonds. The molecule has 1 aliphatic carbocycles. The van der Waals surface area contributed by atoms with Crippen LogP contribution in [0.4, 0.5) is 13.2 Å². The Labute approximate surface area is 127 Å². The molecule has 22 heavy (non-hydrogen) atoms. The van der Waals surface area contributed by atoms with Crippen molar-refractivity contribution in [3.63, 3.8) is 0 Å². The van der Waals surface area contributed by atoms with Gasteiger partial charge in [-0.25, -0.2) is 0 Å². The minimum absolute atomic E-state index is 0.234. The quantitative estimate of drug-likeness (QED) is 0.797. The van der Waals surface area contributed by atoms with Crippen molar-refractivity contribution in [2.24, 2.45) is 7.05 Å². The molecule has 4 nitrogen and oxygen atoms in total. The molecule has 0 fully saturated rings. The lowest BCUT2D eigenvalue weighted by molar-refractivity contribution is -0.142. The van der Waals surface area contributed by atoms with Crippen LogP contribution in [0.1, 0.15) is 49.2 Å². The Hall–Kier alpha value is -1.81. The summed E-state index contributed by atoms with van der Waals surface area (Å²) in [5.74, 6) is 0. The summed E-state index contributed by atoms with van der Waals surface area (Å²) in [4.78, 5) is 0. The highest BCUT2D eigenvalue weighted by Gasteiger charge is 2.41. The van der Waals surface area contributed by atoms with Crippen molar-refractivity contribution in [1.29, 1.82) is 5.26 Å². The van der Waals surface area contributed by atoms with Crippen LogP contribution in [0.15, 0.2) is 12.2 Å². The highest BCUT2D eigenvalue weighted by atomic mass is 19.4. The largest absolute Gasteiger partial charge is 0.435 e. The van der Waals surface area contributed by atoms with Crippen LogP contribution in [0.3, 0.4) is 0 Å². The molecule has 2 atom stereocenters. The number of fused-ring (bicyclic) bond motifs is 1. The average Bonchev–Trinajstić information content (AvgIpc) is 2.77. The Morgan fingerprint density at radius 2 is 2.27 bits per heavy atom. The van der Waals surface area contributed by atoms with Gasteiger partial charge in [0.2, 0.25) is 0 Å². The number of hydrogen-bond donors (Lipinski definition) is 0. The summed E-state index contributed by atoms with van der Waals surface area (Å²) in [7, 11) is 1.51. The second-order valence-corrected chi connectivity index (χ2v) is 5.58. The Morgan fingerprint density at radius 3 is 2.86 bits per heavy atom. The summed E-state index contributed by atoms with van der Waals surface area (Å²) in [6, 6.07) is 1.95. The molecule has 0 bridgehead atoms. The fraction of sp³-hybridized carbons (Fsp3) is 0.600. The molecule has 120 valence electrons. The first-order valence-electron chi connectivity index (χ1n) is 7.10. The van der Waals surface area contributed by atoms with Gasteiger partial charge in [0.05, 0.1) is 24.0 Å². The van der Waals surface area contributed by atoms with Gasteiger partial charge < -0.3 is 4.74 Å². The molecule has 0 radical (unpaired) electrons. The molecular formula is C15H18F3N3O. The van der Waals surface area contributed by atoms with E-state index in [0.29, 0.717) is 37.0 Å². The first kappa shape index (κ1) is 16.6. The number of rotatable bonds is 4. The monoisotopic (exact) mass is 313 g/mol. The maximum Gasteiger partial charge on any atom is 0.435 e. The maximum absolute atomic E-state index is 13.0. The fourth-order valence-corrected chi connectivity index (χ4v) is 2.91. The van der Waals surface area contributed by atoms with Gasteiger partial charge in [0.25, 0.3) is 0 Å². The number of hydrogen-bond acceptors (Lipinski definition) is 3. The lowest BCUT2D eigenvalue weighted by atomic mass is 9.93. The van der Waals surface area contributed by atoms with Gasteiger partial charge in [-0.05, 0) is 26.2 Å². The van der Waals surface area contributed by atoms with Gasteiger partial charge in [-0.15, -0.1) is 0 Å². The zero-order valence-electron chi connectivity index (χ0n) is 12.6. The summed E-state index contributed by atoms with van der Waals surface area (Å²) < 4.78 is 46.2. The maximum atomic E-state index is 13.0. The predicted octanol–water partition coefficient (Wildman–Crippen LogP) is 3.69. The predicted molar refractivity (Wildman–Crippen MR) is 73.8 cm³/mol. The average molecular weight is 313 g/mol. The third kappa shape index (κ3) is 3.33. The minimum Gasteiger partial charge on any atom is -0.369 e. The lowest BCUT2D eigenvalue weighted by Gasteiger charge is -2.27. The SMILES string of the molecule is C=C(C#N)CC(C)OC1CCCc2c(C(F)(F)F)nn(C)c21. The number of nitrogens with zero attached hydrogens (tertiary/aromatic N) is 3. The molecule has 0 aliphatic heterocycles. The van der Waals surface area contributed by atoms with E-state index in [2.05, 4.69) is 11.7 Å². The van der Waals surface area contributed by atoms with Gasteiger partial charge in [-0.2, -0.15) is 23.5 Å². The molecule has 7 heteroatoms. The zero-order valence-corrected chi connectivity index (χ0v) is 12.6. The molecular weight excluding hydrogens is 295 g/mol. The van der Waals surface area contributed by atoms with E-state index in [1.165, 1.54) is 11.7 Å². The summed E-state index contributed by atoms with van der Waals surface area (Å²) in [5, 5.41) is 12.4. The van der Waals surface area contributed by atoms with Crippen molar-refractivity contribution in [2.45, 2.75) is 51.0 Å². The van der Waals surface area contributed by atoms with E-state index >= 15 is 0 Å². The summed E-state index contributed by atoms with van der Waals surface area (Å²) in [6.07, 6.45) is -3.17. The molecule has 1 aromatic rings. The summed E-state index contributed by atoms with van der Waals surface area (Å²) in [5.41, 5.74) is 0.308. The van der Waals surface area contributed by atoms with Crippen molar-refractivity contribution in [3.8, 4) is 6.07 Å². The van der Waals surface area contributed by atoms with Crippen LogP contribution in [-0.4, -0.2) is 15.9 Å². The second kappa shape index (κ2) is 6.13. The molecule has 0 spiro atoms. The Morgan fingerprint density at radius 1 is 1.59 bits per heavy atom. The third-order valence-electron chi connectivity index (χ3n) is 3.75. The van der Waals surface area contributed by atoms with Gasteiger partial charge in [0, 0.05) is 24.6 Å². The van der Waals surface area contributed by atoms with Crippen molar-refractivity contribution in [2.75, 3.05) is 0 Å². The second-order valence-electron chi connectivity index (χ2n) is 5.58. The Balaban J connectivity index is 2.24. The van der Waals surface area contributed by atoms with Gasteiger partial charge in [-0.1, -0.05) is 6.58 Å². The smallest absolute Gasteiger partial charge is 0.369 e. The molecule has 0 saturated carbocycles. The molecule has 2 unspecified atom stereocenters. The highest BCUT2D eigenvalue weighted by molar-refractivity contribution is 5.32. The Kier molecular flexibility index (Phi) is 4.61. The van der Waals surface area contributed by atoms with E-state index in [1.807, 2.05) is 6.07 Å². The van der Waals surface area contributed by atoms with Gasteiger partial charge in [0.1, 0.15) is 0 Å². The molecule has 0 saturated heterocycles. The van der Waals surface area contributed by atoms with Crippen molar-refractivity contribution < 1.29 is 17.9 Å². The van der Waals surface area contributed by atoms with Crippen LogP contribution in [0.5, 0.6) is 0 Å². The topological polar surface area (TPSA) is 50.8 Å². The number of halogens is 3. The van der Waals surface area contributed by atoms with Crippen LogP contribution in [-0.2, 0) is 24.4 Å². The molecule has 1 aromatic heterocycles. The van der Waals surface area contributed by atoms with Crippen molar-refractivity contribution in [1.82, 2.24) is 9.78 Å². The van der Waals surface area contributed by atoms with E-state index in [0.717, 1.165) is 0 Å². The third-order valence-corrected chi connectivity index (χ3v) is 3.75. The molecule has 0 N–H and O–H groups in total.